The molecule has 0 aliphatic carbocycles. The highest BCUT2D eigenvalue weighted by atomic mass is 79.9. The molecule has 0 radical (unpaired) electrons. The Kier molecular flexibility index (Phi) is 4.88. The Hall–Kier alpha value is 0.0700. The average Bonchev–Trinajstić information content (AvgIpc) is 1.88. The van der Waals surface area contributed by atoms with Gasteiger partial charge < -0.3 is 0 Å². The van der Waals surface area contributed by atoms with E-state index in [2.05, 4.69) is 20.9 Å². The van der Waals surface area contributed by atoms with Crippen molar-refractivity contribution >= 4 is 50.8 Å². The number of carbonyl (C=O) groups is 1. The summed E-state index contributed by atoms with van der Waals surface area (Å²) >= 11 is 8.71. The van der Waals surface area contributed by atoms with Crippen molar-refractivity contribution in [1.29, 1.82) is 0 Å². The van der Waals surface area contributed by atoms with Gasteiger partial charge in [0.2, 0.25) is 0 Å². The van der Waals surface area contributed by atoms with Crippen LogP contribution in [0.5, 0.6) is 0 Å². The minimum absolute atomic E-state index is 0. The van der Waals surface area contributed by atoms with Crippen molar-refractivity contribution in [3.63, 3.8) is 0 Å². The molecule has 0 aliphatic rings. The summed E-state index contributed by atoms with van der Waals surface area (Å²) < 4.78 is 0.669. The third-order valence-electron chi connectivity index (χ3n) is 1.01. The minimum atomic E-state index is 0. The molecule has 1 heterocycles. The van der Waals surface area contributed by atoms with E-state index in [0.717, 1.165) is 0 Å². The lowest BCUT2D eigenvalue weighted by Gasteiger charge is -1.95. The first kappa shape index (κ1) is 11.1. The van der Waals surface area contributed by atoms with Crippen LogP contribution in [0.15, 0.2) is 16.7 Å². The summed E-state index contributed by atoms with van der Waals surface area (Å²) in [5.41, 5.74) is 0.393. The first-order valence-corrected chi connectivity index (χ1v) is 3.68. The molecule has 60 valence electrons. The molecular weight excluding hydrogens is 297 g/mol. The zero-order chi connectivity index (χ0) is 7.56. The van der Waals surface area contributed by atoms with Gasteiger partial charge >= 0.3 is 0 Å². The first-order chi connectivity index (χ1) is 4.75. The third-order valence-corrected chi connectivity index (χ3v) is 2.00. The molecule has 0 saturated heterocycles. The molecule has 0 fully saturated rings. The molecule has 5 heteroatoms. The molecule has 0 atom stereocenters. The maximum atomic E-state index is 10.3. The first-order valence-electron chi connectivity index (χ1n) is 2.51. The predicted molar refractivity (Wildman–Crippen MR) is 52.7 cm³/mol. The Labute approximate surface area is 87.9 Å². The molecule has 0 aromatic carbocycles. The third kappa shape index (κ3) is 2.54. The van der Waals surface area contributed by atoms with Crippen LogP contribution in [0.25, 0.3) is 0 Å². The van der Waals surface area contributed by atoms with Crippen LogP contribution >= 0.6 is 44.5 Å². The van der Waals surface area contributed by atoms with Gasteiger partial charge in [-0.2, -0.15) is 0 Å². The molecule has 11 heavy (non-hydrogen) atoms. The van der Waals surface area contributed by atoms with Gasteiger partial charge in [0.1, 0.15) is 5.15 Å². The molecule has 0 saturated carbocycles. The Bertz CT molecular complexity index is 247. The van der Waals surface area contributed by atoms with Crippen molar-refractivity contribution in [2.24, 2.45) is 0 Å². The molecule has 0 unspecified atom stereocenters. The topological polar surface area (TPSA) is 30.0 Å². The second-order valence-corrected chi connectivity index (χ2v) is 2.83. The molecular formula is C6H4Br2ClNO. The molecule has 1 aromatic heterocycles. The second kappa shape index (κ2) is 4.85. The smallest absolute Gasteiger partial charge is 0.154 e. The quantitative estimate of drug-likeness (QED) is 0.590. The van der Waals surface area contributed by atoms with Gasteiger partial charge in [0, 0.05) is 10.7 Å². The fraction of sp³-hybridized carbons (Fsp3) is 0. The number of halogens is 3. The van der Waals surface area contributed by atoms with E-state index in [1.165, 1.54) is 6.20 Å². The highest BCUT2D eigenvalue weighted by Gasteiger charge is 2.02. The van der Waals surface area contributed by atoms with Crippen molar-refractivity contribution in [3.05, 3.63) is 27.5 Å². The molecule has 0 aliphatic heterocycles. The maximum Gasteiger partial charge on any atom is 0.154 e. The van der Waals surface area contributed by atoms with Crippen molar-refractivity contribution in [3.8, 4) is 0 Å². The summed E-state index contributed by atoms with van der Waals surface area (Å²) in [6.45, 7) is 0. The van der Waals surface area contributed by atoms with E-state index in [1.54, 1.807) is 6.07 Å². The van der Waals surface area contributed by atoms with Gasteiger partial charge in [0.15, 0.2) is 6.29 Å². The van der Waals surface area contributed by atoms with Crippen molar-refractivity contribution in [2.75, 3.05) is 0 Å². The lowest BCUT2D eigenvalue weighted by molar-refractivity contribution is 0.112. The van der Waals surface area contributed by atoms with E-state index in [-0.39, 0.29) is 22.1 Å². The maximum absolute atomic E-state index is 10.3. The number of aromatic nitrogens is 1. The van der Waals surface area contributed by atoms with Crippen LogP contribution in [-0.2, 0) is 0 Å². The number of aldehydes is 1. The molecule has 0 spiro atoms. The van der Waals surface area contributed by atoms with Crippen molar-refractivity contribution in [2.45, 2.75) is 0 Å². The average molecular weight is 301 g/mol. The summed E-state index contributed by atoms with van der Waals surface area (Å²) in [6, 6.07) is 1.66. The fourth-order valence-corrected chi connectivity index (χ4v) is 1.25. The van der Waals surface area contributed by atoms with Crippen molar-refractivity contribution < 1.29 is 4.79 Å². The number of rotatable bonds is 1. The van der Waals surface area contributed by atoms with Crippen LogP contribution in [0.2, 0.25) is 5.15 Å². The van der Waals surface area contributed by atoms with Gasteiger partial charge in [0.05, 0.1) is 5.56 Å². The van der Waals surface area contributed by atoms with Crippen LogP contribution < -0.4 is 0 Å². The van der Waals surface area contributed by atoms with Gasteiger partial charge in [-0.05, 0) is 22.0 Å². The lowest BCUT2D eigenvalue weighted by Crippen LogP contribution is -1.86. The van der Waals surface area contributed by atoms with E-state index in [4.69, 9.17) is 11.6 Å². The van der Waals surface area contributed by atoms with E-state index in [9.17, 15) is 4.79 Å². The molecule has 0 N–H and O–H groups in total. The number of carbonyl (C=O) groups excluding carboxylic acids is 1. The zero-order valence-corrected chi connectivity index (χ0v) is 9.31. The van der Waals surface area contributed by atoms with Crippen LogP contribution in [0, 0.1) is 0 Å². The molecule has 0 amide bonds. The number of nitrogens with zero attached hydrogens (tertiary/aromatic N) is 1. The summed E-state index contributed by atoms with van der Waals surface area (Å²) in [4.78, 5) is 14.0. The van der Waals surface area contributed by atoms with E-state index in [0.29, 0.717) is 16.3 Å². The highest BCUT2D eigenvalue weighted by Crippen LogP contribution is 2.19. The van der Waals surface area contributed by atoms with Crippen molar-refractivity contribution in [1.82, 2.24) is 4.98 Å². The predicted octanol–water partition coefficient (Wildman–Crippen LogP) is 2.89. The summed E-state index contributed by atoms with van der Waals surface area (Å²) in [5, 5.41) is 0.226. The highest BCUT2D eigenvalue weighted by molar-refractivity contribution is 9.10. The minimum Gasteiger partial charge on any atom is -0.298 e. The Morgan fingerprint density at radius 2 is 2.27 bits per heavy atom. The lowest BCUT2D eigenvalue weighted by atomic mass is 10.3. The van der Waals surface area contributed by atoms with Crippen LogP contribution in [-0.4, -0.2) is 11.3 Å². The molecule has 2 nitrogen and oxygen atoms in total. The van der Waals surface area contributed by atoms with Gasteiger partial charge in [-0.25, -0.2) is 4.98 Å². The van der Waals surface area contributed by atoms with E-state index in [1.807, 2.05) is 0 Å². The van der Waals surface area contributed by atoms with Crippen LogP contribution in [0.4, 0.5) is 0 Å². The second-order valence-electron chi connectivity index (χ2n) is 1.62. The van der Waals surface area contributed by atoms with E-state index < -0.39 is 0 Å². The van der Waals surface area contributed by atoms with Gasteiger partial charge in [-0.15, -0.1) is 17.0 Å². The normalized spacial score (nSPS) is 8.55. The van der Waals surface area contributed by atoms with Gasteiger partial charge in [0.25, 0.3) is 0 Å². The summed E-state index contributed by atoms with van der Waals surface area (Å²) in [5.74, 6) is 0. The largest absolute Gasteiger partial charge is 0.298 e. The van der Waals surface area contributed by atoms with E-state index >= 15 is 0 Å². The Balaban J connectivity index is 0.000001000. The summed E-state index contributed by atoms with van der Waals surface area (Å²) in [6.07, 6.45) is 2.19. The number of hydrogen-bond acceptors (Lipinski definition) is 2. The van der Waals surface area contributed by atoms with Crippen LogP contribution in [0.1, 0.15) is 10.4 Å². The Morgan fingerprint density at radius 1 is 1.64 bits per heavy atom. The molecule has 0 bridgehead atoms. The van der Waals surface area contributed by atoms with Gasteiger partial charge in [-0.3, -0.25) is 4.79 Å². The molecule has 1 rings (SSSR count). The monoisotopic (exact) mass is 299 g/mol. The van der Waals surface area contributed by atoms with Crippen LogP contribution in [0.3, 0.4) is 0 Å². The number of hydrogen-bond donors (Lipinski definition) is 0. The summed E-state index contributed by atoms with van der Waals surface area (Å²) in [7, 11) is 0. The standard InChI is InChI=1S/C6H3BrClNO.BrH/c7-5-1-2-9-6(8)4(5)3-10;/h1-3H;1H. The van der Waals surface area contributed by atoms with Gasteiger partial charge in [-0.1, -0.05) is 11.6 Å². The fourth-order valence-electron chi connectivity index (χ4n) is 0.531. The SMILES string of the molecule is Br.O=Cc1c(Br)ccnc1Cl. The zero-order valence-electron chi connectivity index (χ0n) is 5.25. The number of pyridine rings is 1. The Morgan fingerprint density at radius 3 is 2.64 bits per heavy atom. The molecule has 1 aromatic rings.